The van der Waals surface area contributed by atoms with E-state index in [4.69, 9.17) is 0 Å². The lowest BCUT2D eigenvalue weighted by atomic mass is 10.1. The number of nitrogens with zero attached hydrogens (tertiary/aromatic N) is 3. The second-order valence-corrected chi connectivity index (χ2v) is 8.60. The van der Waals surface area contributed by atoms with E-state index < -0.39 is 10.2 Å². The zero-order valence-corrected chi connectivity index (χ0v) is 15.0. The van der Waals surface area contributed by atoms with E-state index in [9.17, 15) is 13.2 Å². The minimum Gasteiger partial charge on any atom is -0.339 e. The van der Waals surface area contributed by atoms with Gasteiger partial charge in [0.2, 0.25) is 0 Å². The van der Waals surface area contributed by atoms with Crippen molar-refractivity contribution in [1.29, 1.82) is 0 Å². The van der Waals surface area contributed by atoms with E-state index >= 15 is 0 Å². The van der Waals surface area contributed by atoms with Crippen molar-refractivity contribution in [3.63, 3.8) is 0 Å². The third-order valence-electron chi connectivity index (χ3n) is 4.84. The lowest BCUT2D eigenvalue weighted by molar-refractivity contribution is 0.0761. The summed E-state index contributed by atoms with van der Waals surface area (Å²) in [5.74, 6) is 0.0805. The number of carbonyl (C=O) groups is 1. The Morgan fingerprint density at radius 2 is 1.58 bits per heavy atom. The molecule has 24 heavy (non-hydrogen) atoms. The summed E-state index contributed by atoms with van der Waals surface area (Å²) in [6, 6.07) is 7.35. The van der Waals surface area contributed by atoms with Crippen LogP contribution in [0, 0.1) is 0 Å². The fourth-order valence-electron chi connectivity index (χ4n) is 3.25. The normalized spacial score (nSPS) is 22.5. The molecule has 2 heterocycles. The first kappa shape index (κ1) is 17.4. The molecular formula is C17H25N3O3S. The number of likely N-dealkylation sites (tertiary alicyclic amines) is 1. The third kappa shape index (κ3) is 3.63. The van der Waals surface area contributed by atoms with E-state index in [0.717, 1.165) is 31.5 Å². The SMILES string of the molecule is CN1CCN(Cc2ccc(C(=O)N3CCCCCC3)cc2)S1(=O)=O. The van der Waals surface area contributed by atoms with Crippen molar-refractivity contribution in [3.05, 3.63) is 35.4 Å². The number of hydrogen-bond acceptors (Lipinski definition) is 3. The maximum atomic E-state index is 12.6. The molecule has 0 aromatic heterocycles. The Bertz CT molecular complexity index is 680. The molecule has 0 bridgehead atoms. The predicted molar refractivity (Wildman–Crippen MR) is 92.8 cm³/mol. The van der Waals surface area contributed by atoms with E-state index in [2.05, 4.69) is 0 Å². The Morgan fingerprint density at radius 3 is 2.12 bits per heavy atom. The number of benzene rings is 1. The molecule has 0 spiro atoms. The van der Waals surface area contributed by atoms with Crippen LogP contribution in [0.3, 0.4) is 0 Å². The van der Waals surface area contributed by atoms with Gasteiger partial charge in [-0.3, -0.25) is 4.79 Å². The van der Waals surface area contributed by atoms with Gasteiger partial charge in [-0.05, 0) is 30.5 Å². The summed E-state index contributed by atoms with van der Waals surface area (Å²) in [4.78, 5) is 14.5. The standard InChI is InChI=1S/C17H25N3O3S/c1-18-12-13-20(24(18,22)23)14-15-6-8-16(9-7-15)17(21)19-10-4-2-3-5-11-19/h6-9H,2-5,10-14H2,1H3. The smallest absolute Gasteiger partial charge is 0.282 e. The molecule has 2 fully saturated rings. The van der Waals surface area contributed by atoms with Gasteiger partial charge in [-0.15, -0.1) is 0 Å². The van der Waals surface area contributed by atoms with Crippen molar-refractivity contribution in [2.75, 3.05) is 33.2 Å². The molecule has 3 rings (SSSR count). The van der Waals surface area contributed by atoms with Gasteiger partial charge in [0.15, 0.2) is 0 Å². The minimum atomic E-state index is -3.32. The van der Waals surface area contributed by atoms with Crippen molar-refractivity contribution in [1.82, 2.24) is 13.5 Å². The molecule has 2 aliphatic heterocycles. The van der Waals surface area contributed by atoms with Crippen LogP contribution >= 0.6 is 0 Å². The number of rotatable bonds is 3. The summed E-state index contributed by atoms with van der Waals surface area (Å²) in [7, 11) is -1.72. The highest BCUT2D eigenvalue weighted by atomic mass is 32.2. The molecule has 1 aromatic carbocycles. The molecule has 7 heteroatoms. The van der Waals surface area contributed by atoms with E-state index in [1.54, 1.807) is 7.05 Å². The fourth-order valence-corrected chi connectivity index (χ4v) is 4.58. The highest BCUT2D eigenvalue weighted by Crippen LogP contribution is 2.19. The van der Waals surface area contributed by atoms with Gasteiger partial charge < -0.3 is 4.90 Å². The van der Waals surface area contributed by atoms with Gasteiger partial charge in [0.05, 0.1) is 0 Å². The zero-order chi connectivity index (χ0) is 17.2. The van der Waals surface area contributed by atoms with Gasteiger partial charge in [0, 0.05) is 45.3 Å². The Hall–Kier alpha value is -1.44. The molecular weight excluding hydrogens is 326 g/mol. The Labute approximate surface area is 144 Å². The average Bonchev–Trinajstić information content (AvgIpc) is 2.80. The van der Waals surface area contributed by atoms with Crippen LogP contribution in [0.2, 0.25) is 0 Å². The van der Waals surface area contributed by atoms with E-state index in [-0.39, 0.29) is 5.91 Å². The van der Waals surface area contributed by atoms with Crippen LogP contribution in [0.5, 0.6) is 0 Å². The van der Waals surface area contributed by atoms with Crippen molar-refractivity contribution in [3.8, 4) is 0 Å². The molecule has 132 valence electrons. The first-order valence-corrected chi connectivity index (χ1v) is 9.98. The lowest BCUT2D eigenvalue weighted by Crippen LogP contribution is -2.32. The molecule has 1 aromatic rings. The van der Waals surface area contributed by atoms with Gasteiger partial charge in [0.1, 0.15) is 0 Å². The molecule has 0 atom stereocenters. The predicted octanol–water partition coefficient (Wildman–Crippen LogP) is 1.70. The second-order valence-electron chi connectivity index (χ2n) is 6.57. The van der Waals surface area contributed by atoms with Gasteiger partial charge in [-0.2, -0.15) is 17.0 Å². The summed E-state index contributed by atoms with van der Waals surface area (Å²) < 4.78 is 27.0. The van der Waals surface area contributed by atoms with Crippen molar-refractivity contribution < 1.29 is 13.2 Å². The van der Waals surface area contributed by atoms with Crippen molar-refractivity contribution in [2.24, 2.45) is 0 Å². The van der Waals surface area contributed by atoms with Crippen LogP contribution in [0.25, 0.3) is 0 Å². The first-order valence-electron chi connectivity index (χ1n) is 8.58. The van der Waals surface area contributed by atoms with Crippen LogP contribution in [0.4, 0.5) is 0 Å². The maximum Gasteiger partial charge on any atom is 0.282 e. The number of carbonyl (C=O) groups excluding carboxylic acids is 1. The highest BCUT2D eigenvalue weighted by Gasteiger charge is 2.33. The fraction of sp³-hybridized carbons (Fsp3) is 0.588. The van der Waals surface area contributed by atoms with Crippen molar-refractivity contribution in [2.45, 2.75) is 32.2 Å². The molecule has 1 amide bonds. The molecule has 0 aliphatic carbocycles. The third-order valence-corrected chi connectivity index (χ3v) is 6.77. The number of amides is 1. The molecule has 0 unspecified atom stereocenters. The summed E-state index contributed by atoms with van der Waals surface area (Å²) in [5.41, 5.74) is 1.59. The second kappa shape index (κ2) is 7.21. The molecule has 0 saturated carbocycles. The van der Waals surface area contributed by atoms with Gasteiger partial charge in [-0.1, -0.05) is 25.0 Å². The van der Waals surface area contributed by atoms with Gasteiger partial charge in [-0.25, -0.2) is 0 Å². The van der Waals surface area contributed by atoms with Gasteiger partial charge >= 0.3 is 0 Å². The maximum absolute atomic E-state index is 12.6. The number of hydrogen-bond donors (Lipinski definition) is 0. The van der Waals surface area contributed by atoms with Crippen LogP contribution < -0.4 is 0 Å². The summed E-state index contributed by atoms with van der Waals surface area (Å²) in [5, 5.41) is 0. The molecule has 2 saturated heterocycles. The Balaban J connectivity index is 1.66. The van der Waals surface area contributed by atoms with Crippen LogP contribution in [-0.4, -0.2) is 61.1 Å². The van der Waals surface area contributed by atoms with Gasteiger partial charge in [0.25, 0.3) is 16.1 Å². The minimum absolute atomic E-state index is 0.0805. The lowest BCUT2D eigenvalue weighted by Gasteiger charge is -2.20. The molecule has 0 N–H and O–H groups in total. The highest BCUT2D eigenvalue weighted by molar-refractivity contribution is 7.86. The van der Waals surface area contributed by atoms with Crippen LogP contribution in [-0.2, 0) is 16.8 Å². The molecule has 0 radical (unpaired) electrons. The summed E-state index contributed by atoms with van der Waals surface area (Å²) >= 11 is 0. The van der Waals surface area contributed by atoms with Crippen LogP contribution in [0.15, 0.2) is 24.3 Å². The number of likely N-dealkylation sites (N-methyl/N-ethyl adjacent to an activating group) is 1. The monoisotopic (exact) mass is 351 g/mol. The summed E-state index contributed by atoms with van der Waals surface area (Å²) in [6.45, 7) is 3.05. The quantitative estimate of drug-likeness (QED) is 0.833. The van der Waals surface area contributed by atoms with E-state index in [0.29, 0.717) is 25.2 Å². The van der Waals surface area contributed by atoms with Crippen LogP contribution in [0.1, 0.15) is 41.6 Å². The first-order chi connectivity index (χ1) is 11.5. The zero-order valence-electron chi connectivity index (χ0n) is 14.1. The Kier molecular flexibility index (Phi) is 5.22. The summed E-state index contributed by atoms with van der Waals surface area (Å²) in [6.07, 6.45) is 4.54. The molecule has 2 aliphatic rings. The Morgan fingerprint density at radius 1 is 0.958 bits per heavy atom. The topological polar surface area (TPSA) is 60.9 Å². The largest absolute Gasteiger partial charge is 0.339 e. The van der Waals surface area contributed by atoms with E-state index in [1.807, 2.05) is 29.2 Å². The van der Waals surface area contributed by atoms with E-state index in [1.165, 1.54) is 21.5 Å². The van der Waals surface area contributed by atoms with Crippen molar-refractivity contribution >= 4 is 16.1 Å². The molecule has 6 nitrogen and oxygen atoms in total. The average molecular weight is 351 g/mol.